The van der Waals surface area contributed by atoms with Crippen LogP contribution in [-0.2, 0) is 0 Å². The van der Waals surface area contributed by atoms with Crippen molar-refractivity contribution in [2.24, 2.45) is 5.73 Å². The van der Waals surface area contributed by atoms with Crippen molar-refractivity contribution in [1.29, 1.82) is 0 Å². The number of nitrogens with zero attached hydrogens (tertiary/aromatic N) is 2. The third-order valence-electron chi connectivity index (χ3n) is 3.62. The van der Waals surface area contributed by atoms with Crippen LogP contribution in [0.25, 0.3) is 0 Å². The summed E-state index contributed by atoms with van der Waals surface area (Å²) < 4.78 is 1.22. The molecule has 0 bridgehead atoms. The lowest BCUT2D eigenvalue weighted by Gasteiger charge is -2.28. The SMILES string of the molecule is Cc1sc(C(CN)N2CCCN(C)CC2)cc1Br. The Labute approximate surface area is 122 Å². The minimum atomic E-state index is 0.381. The van der Waals surface area contributed by atoms with Crippen LogP contribution >= 0.6 is 27.3 Å². The maximum absolute atomic E-state index is 6.02. The van der Waals surface area contributed by atoms with E-state index >= 15 is 0 Å². The Kier molecular flexibility index (Phi) is 5.21. The molecule has 1 aromatic heterocycles. The van der Waals surface area contributed by atoms with Crippen molar-refractivity contribution in [3.05, 3.63) is 20.3 Å². The topological polar surface area (TPSA) is 32.5 Å². The van der Waals surface area contributed by atoms with Crippen molar-refractivity contribution >= 4 is 27.3 Å². The molecule has 2 N–H and O–H groups in total. The molecule has 1 fully saturated rings. The van der Waals surface area contributed by atoms with E-state index in [0.29, 0.717) is 12.6 Å². The third kappa shape index (κ3) is 3.33. The summed E-state index contributed by atoms with van der Waals surface area (Å²) in [5.74, 6) is 0. The van der Waals surface area contributed by atoms with E-state index in [-0.39, 0.29) is 0 Å². The fourth-order valence-corrected chi connectivity index (χ4v) is 4.18. The molecular weight excluding hydrogens is 310 g/mol. The van der Waals surface area contributed by atoms with Crippen molar-refractivity contribution in [1.82, 2.24) is 9.80 Å². The molecule has 2 heterocycles. The Morgan fingerprint density at radius 2 is 2.17 bits per heavy atom. The van der Waals surface area contributed by atoms with Gasteiger partial charge in [-0.2, -0.15) is 0 Å². The van der Waals surface area contributed by atoms with E-state index < -0.39 is 0 Å². The molecule has 0 aromatic carbocycles. The number of thiophene rings is 1. The van der Waals surface area contributed by atoms with Gasteiger partial charge in [-0.25, -0.2) is 0 Å². The van der Waals surface area contributed by atoms with Gasteiger partial charge in [0, 0.05) is 40.4 Å². The average molecular weight is 332 g/mol. The predicted molar refractivity (Wildman–Crippen MR) is 82.2 cm³/mol. The fourth-order valence-electron chi connectivity index (χ4n) is 2.47. The first-order valence-electron chi connectivity index (χ1n) is 6.50. The first-order valence-corrected chi connectivity index (χ1v) is 8.11. The molecule has 1 aliphatic heterocycles. The van der Waals surface area contributed by atoms with Crippen LogP contribution in [0, 0.1) is 6.92 Å². The lowest BCUT2D eigenvalue weighted by Crippen LogP contribution is -2.36. The van der Waals surface area contributed by atoms with Gasteiger partial charge in [-0.15, -0.1) is 11.3 Å². The van der Waals surface area contributed by atoms with Gasteiger partial charge in [-0.05, 0) is 48.9 Å². The smallest absolute Gasteiger partial charge is 0.0565 e. The van der Waals surface area contributed by atoms with Crippen LogP contribution in [0.4, 0.5) is 0 Å². The van der Waals surface area contributed by atoms with E-state index in [1.807, 2.05) is 11.3 Å². The lowest BCUT2D eigenvalue weighted by molar-refractivity contribution is 0.211. The first kappa shape index (κ1) is 14.5. The maximum atomic E-state index is 6.02. The van der Waals surface area contributed by atoms with Crippen LogP contribution in [0.1, 0.15) is 22.2 Å². The zero-order valence-electron chi connectivity index (χ0n) is 11.2. The third-order valence-corrected chi connectivity index (χ3v) is 5.86. The molecular formula is C13H22BrN3S. The van der Waals surface area contributed by atoms with Gasteiger partial charge in [0.1, 0.15) is 0 Å². The average Bonchev–Trinajstić information content (AvgIpc) is 2.53. The fraction of sp³-hybridized carbons (Fsp3) is 0.692. The summed E-state index contributed by atoms with van der Waals surface area (Å²) in [5.41, 5.74) is 6.02. The summed E-state index contributed by atoms with van der Waals surface area (Å²) in [5, 5.41) is 0. The number of halogens is 1. The van der Waals surface area contributed by atoms with E-state index in [0.717, 1.165) is 19.6 Å². The normalized spacial score (nSPS) is 20.9. The highest BCUT2D eigenvalue weighted by molar-refractivity contribution is 9.10. The second-order valence-corrected chi connectivity index (χ2v) is 7.14. The number of likely N-dealkylation sites (N-methyl/N-ethyl adjacent to an activating group) is 1. The largest absolute Gasteiger partial charge is 0.329 e. The van der Waals surface area contributed by atoms with Crippen LogP contribution in [0.5, 0.6) is 0 Å². The van der Waals surface area contributed by atoms with E-state index in [2.05, 4.69) is 45.8 Å². The second kappa shape index (κ2) is 6.48. The Balaban J connectivity index is 2.12. The van der Waals surface area contributed by atoms with Gasteiger partial charge in [0.2, 0.25) is 0 Å². The van der Waals surface area contributed by atoms with Gasteiger partial charge in [-0.1, -0.05) is 0 Å². The zero-order chi connectivity index (χ0) is 13.1. The summed E-state index contributed by atoms with van der Waals surface area (Å²) in [4.78, 5) is 7.69. The first-order chi connectivity index (χ1) is 8.61. The summed E-state index contributed by atoms with van der Waals surface area (Å²) >= 11 is 5.47. The number of aryl methyl sites for hydroxylation is 1. The monoisotopic (exact) mass is 331 g/mol. The maximum Gasteiger partial charge on any atom is 0.0565 e. The molecule has 3 nitrogen and oxygen atoms in total. The molecule has 102 valence electrons. The Morgan fingerprint density at radius 1 is 1.39 bits per heavy atom. The van der Waals surface area contributed by atoms with Crippen LogP contribution in [0.3, 0.4) is 0 Å². The molecule has 18 heavy (non-hydrogen) atoms. The molecule has 1 saturated heterocycles. The number of rotatable bonds is 3. The summed E-state index contributed by atoms with van der Waals surface area (Å²) in [6.45, 7) is 7.47. The van der Waals surface area contributed by atoms with E-state index in [1.165, 1.54) is 27.2 Å². The molecule has 0 aliphatic carbocycles. The summed E-state index contributed by atoms with van der Waals surface area (Å²) in [6.07, 6.45) is 1.23. The second-order valence-electron chi connectivity index (χ2n) is 5.00. The van der Waals surface area contributed by atoms with Gasteiger partial charge in [-0.3, -0.25) is 4.90 Å². The van der Waals surface area contributed by atoms with Gasteiger partial charge in [0.05, 0.1) is 6.04 Å². The molecule has 5 heteroatoms. The molecule has 1 unspecified atom stereocenters. The highest BCUT2D eigenvalue weighted by Gasteiger charge is 2.23. The van der Waals surface area contributed by atoms with Gasteiger partial charge >= 0.3 is 0 Å². The Hall–Kier alpha value is 0.0600. The molecule has 0 radical (unpaired) electrons. The molecule has 2 rings (SSSR count). The van der Waals surface area contributed by atoms with E-state index in [1.54, 1.807) is 0 Å². The molecule has 0 amide bonds. The highest BCUT2D eigenvalue weighted by atomic mass is 79.9. The number of nitrogens with two attached hydrogens (primary N) is 1. The van der Waals surface area contributed by atoms with Crippen LogP contribution < -0.4 is 5.73 Å². The van der Waals surface area contributed by atoms with Crippen molar-refractivity contribution in [2.75, 3.05) is 39.8 Å². The minimum Gasteiger partial charge on any atom is -0.329 e. The molecule has 0 saturated carbocycles. The highest BCUT2D eigenvalue weighted by Crippen LogP contribution is 2.33. The van der Waals surface area contributed by atoms with Gasteiger partial charge in [0.15, 0.2) is 0 Å². The molecule has 0 spiro atoms. The zero-order valence-corrected chi connectivity index (χ0v) is 13.6. The lowest BCUT2D eigenvalue weighted by atomic mass is 10.2. The van der Waals surface area contributed by atoms with Crippen molar-refractivity contribution in [3.8, 4) is 0 Å². The molecule has 1 aliphatic rings. The summed E-state index contributed by atoms with van der Waals surface area (Å²) in [7, 11) is 2.20. The summed E-state index contributed by atoms with van der Waals surface area (Å²) in [6, 6.07) is 2.62. The van der Waals surface area contributed by atoms with Crippen LogP contribution in [0.2, 0.25) is 0 Å². The Morgan fingerprint density at radius 3 is 2.78 bits per heavy atom. The van der Waals surface area contributed by atoms with Gasteiger partial charge in [0.25, 0.3) is 0 Å². The quantitative estimate of drug-likeness (QED) is 0.923. The molecule has 1 aromatic rings. The minimum absolute atomic E-state index is 0.381. The van der Waals surface area contributed by atoms with Crippen LogP contribution in [-0.4, -0.2) is 49.6 Å². The standard InChI is InChI=1S/C13H22BrN3S/c1-10-11(14)8-13(18-10)12(9-15)17-5-3-4-16(2)6-7-17/h8,12H,3-7,9,15H2,1-2H3. The van der Waals surface area contributed by atoms with E-state index in [4.69, 9.17) is 5.73 Å². The van der Waals surface area contributed by atoms with Crippen molar-refractivity contribution in [3.63, 3.8) is 0 Å². The number of hydrogen-bond acceptors (Lipinski definition) is 4. The van der Waals surface area contributed by atoms with E-state index in [9.17, 15) is 0 Å². The molecule has 1 atom stereocenters. The van der Waals surface area contributed by atoms with Crippen LogP contribution in [0.15, 0.2) is 10.5 Å². The van der Waals surface area contributed by atoms with Crippen molar-refractivity contribution in [2.45, 2.75) is 19.4 Å². The predicted octanol–water partition coefficient (Wildman–Crippen LogP) is 2.46. The van der Waals surface area contributed by atoms with Gasteiger partial charge < -0.3 is 10.6 Å². The Bertz CT molecular complexity index is 374. The number of hydrogen-bond donors (Lipinski definition) is 1. The van der Waals surface area contributed by atoms with Crippen molar-refractivity contribution < 1.29 is 0 Å².